The van der Waals surface area contributed by atoms with Crippen molar-refractivity contribution in [2.24, 2.45) is 0 Å². The summed E-state index contributed by atoms with van der Waals surface area (Å²) in [7, 11) is 8.71. The number of anilines is 2. The van der Waals surface area contributed by atoms with Crippen LogP contribution in [-0.2, 0) is 19.8 Å². The van der Waals surface area contributed by atoms with Crippen molar-refractivity contribution < 1.29 is 29.0 Å². The molecular weight excluding hydrogens is 667 g/mol. The number of carbonyl (C=O) groups excluding carboxylic acids is 4. The molecule has 2 radical (unpaired) electrons. The summed E-state index contributed by atoms with van der Waals surface area (Å²) in [6.45, 7) is 5.63. The molecule has 0 aromatic heterocycles. The van der Waals surface area contributed by atoms with Crippen LogP contribution in [0.1, 0.15) is 63.0 Å². The molecule has 10 nitrogen and oxygen atoms in total. The number of fused-ring (bicyclic) bond motifs is 7. The number of carbonyl (C=O) groups is 4. The number of likely N-dealkylation sites (N-methyl/N-ethyl adjacent to an activating group) is 2. The lowest BCUT2D eigenvalue weighted by Gasteiger charge is -2.23. The van der Waals surface area contributed by atoms with Gasteiger partial charge < -0.3 is 29.4 Å². The van der Waals surface area contributed by atoms with Crippen LogP contribution in [0.25, 0.3) is 21.5 Å². The van der Waals surface area contributed by atoms with E-state index < -0.39 is 6.09 Å². The third-order valence-corrected chi connectivity index (χ3v) is 11.4. The second-order valence-corrected chi connectivity index (χ2v) is 14.7. The van der Waals surface area contributed by atoms with Crippen molar-refractivity contribution in [1.29, 1.82) is 0 Å². The van der Waals surface area contributed by atoms with E-state index in [9.17, 15) is 24.3 Å². The molecule has 2 aliphatic heterocycles. The van der Waals surface area contributed by atoms with Crippen molar-refractivity contribution in [1.82, 2.24) is 9.80 Å². The average Bonchev–Trinajstić information content (AvgIpc) is 3.73. The van der Waals surface area contributed by atoms with Gasteiger partial charge in [0.05, 0.1) is 19.2 Å². The minimum atomic E-state index is -0.586. The van der Waals surface area contributed by atoms with Gasteiger partial charge in [-0.1, -0.05) is 60.2 Å². The van der Waals surface area contributed by atoms with Crippen LogP contribution in [0.15, 0.2) is 72.3 Å². The number of benzene rings is 4. The van der Waals surface area contributed by atoms with E-state index in [1.165, 1.54) is 9.80 Å². The predicted molar refractivity (Wildman–Crippen MR) is 208 cm³/mol. The molecule has 7 rings (SSSR count). The summed E-state index contributed by atoms with van der Waals surface area (Å²) in [4.78, 5) is 59.5. The number of hydrogen-bond donors (Lipinski definition) is 1. The number of phenolic OH excluding ortho intramolecular Hbond substituents is 1. The Morgan fingerprint density at radius 3 is 2.17 bits per heavy atom. The van der Waals surface area contributed by atoms with Gasteiger partial charge in [0.15, 0.2) is 0 Å². The van der Waals surface area contributed by atoms with Crippen LogP contribution in [0, 0.1) is 0 Å². The van der Waals surface area contributed by atoms with Crippen molar-refractivity contribution in [3.8, 4) is 11.5 Å². The zero-order valence-corrected chi connectivity index (χ0v) is 30.9. The van der Waals surface area contributed by atoms with Gasteiger partial charge in [0.1, 0.15) is 11.5 Å². The maximum atomic E-state index is 14.1. The molecule has 0 bridgehead atoms. The summed E-state index contributed by atoms with van der Waals surface area (Å²) < 4.78 is 5.98. The van der Waals surface area contributed by atoms with E-state index in [4.69, 9.17) is 12.6 Å². The van der Waals surface area contributed by atoms with Gasteiger partial charge in [0, 0.05) is 87.4 Å². The van der Waals surface area contributed by atoms with Crippen LogP contribution < -0.4 is 14.5 Å². The second kappa shape index (κ2) is 14.3. The van der Waals surface area contributed by atoms with Gasteiger partial charge in [-0.2, -0.15) is 0 Å². The lowest BCUT2D eigenvalue weighted by atomic mass is 9.89. The summed E-state index contributed by atoms with van der Waals surface area (Å²) in [5, 5.41) is 14.3. The summed E-state index contributed by atoms with van der Waals surface area (Å²) in [6.07, 6.45) is 4.12. The van der Waals surface area contributed by atoms with E-state index in [0.717, 1.165) is 56.8 Å². The van der Waals surface area contributed by atoms with Gasteiger partial charge in [-0.15, -0.1) is 0 Å². The number of amides is 4. The topological polar surface area (TPSA) is 111 Å². The highest BCUT2D eigenvalue weighted by Crippen LogP contribution is 2.59. The SMILES string of the molecule is [B]CC(=O)N(C)CCN(C)C(=O)Oc1cc2c(c3ccccc13)C(/C(C)=C/C)CN2C(=O)CCCC(=O)N1CC2(CC2)c2c1cc(O)c1ccccc21. The van der Waals surface area contributed by atoms with Gasteiger partial charge in [0.2, 0.25) is 17.7 Å². The van der Waals surface area contributed by atoms with E-state index in [-0.39, 0.29) is 60.5 Å². The maximum Gasteiger partial charge on any atom is 0.415 e. The molecule has 1 N–H and O–H groups in total. The highest BCUT2D eigenvalue weighted by molar-refractivity contribution is 6.19. The number of ether oxygens (including phenoxy) is 1. The van der Waals surface area contributed by atoms with Crippen molar-refractivity contribution >= 4 is 64.6 Å². The molecule has 4 aromatic rings. The van der Waals surface area contributed by atoms with Crippen molar-refractivity contribution in [2.45, 2.75) is 63.6 Å². The molecular formula is C42H45BN4O6. The highest BCUT2D eigenvalue weighted by Gasteiger charge is 2.54. The molecule has 1 spiro atoms. The molecule has 3 aliphatic rings. The number of aromatic hydroxyl groups is 1. The van der Waals surface area contributed by atoms with Gasteiger partial charge in [-0.3, -0.25) is 14.4 Å². The van der Waals surface area contributed by atoms with Crippen molar-refractivity contribution in [3.63, 3.8) is 0 Å². The molecule has 11 heteroatoms. The quantitative estimate of drug-likeness (QED) is 0.143. The summed E-state index contributed by atoms with van der Waals surface area (Å²) >= 11 is 0. The van der Waals surface area contributed by atoms with Gasteiger partial charge >= 0.3 is 6.09 Å². The monoisotopic (exact) mass is 712 g/mol. The largest absolute Gasteiger partial charge is 0.507 e. The lowest BCUT2D eigenvalue weighted by Crippen LogP contribution is -2.38. The zero-order valence-electron chi connectivity index (χ0n) is 30.9. The first-order valence-electron chi connectivity index (χ1n) is 18.4. The standard InChI is InChI=1S/C42H45BN4O6/c1-5-26(2)31-24-46(32-22-35(28-12-7-8-13-29(28)39(31)32)53-41(52)45(4)20-19-44(3)38(51)23-43)36(49)15-10-16-37(50)47-25-42(17-18-42)40-30-14-9-6-11-27(30)34(48)21-33(40)47/h5-9,11-14,21-22,31,48H,10,15-20,23-25H2,1-4H3/b26-5+. The molecule has 2 heterocycles. The van der Waals surface area contributed by atoms with Crippen LogP contribution in [0.2, 0.25) is 6.32 Å². The Morgan fingerprint density at radius 1 is 0.887 bits per heavy atom. The fourth-order valence-electron chi connectivity index (χ4n) is 8.07. The number of phenols is 1. The van der Waals surface area contributed by atoms with Crippen LogP contribution in [0.5, 0.6) is 11.5 Å². The number of allylic oxidation sites excluding steroid dienone is 1. The Bertz CT molecular complexity index is 2180. The van der Waals surface area contributed by atoms with Crippen LogP contribution >= 0.6 is 0 Å². The Kier molecular flexibility index (Phi) is 9.70. The number of hydrogen-bond acceptors (Lipinski definition) is 6. The molecule has 1 unspecified atom stereocenters. The molecule has 1 fully saturated rings. The summed E-state index contributed by atoms with van der Waals surface area (Å²) in [5.74, 6) is 0.0773. The number of rotatable bonds is 10. The Balaban J connectivity index is 1.10. The smallest absolute Gasteiger partial charge is 0.415 e. The average molecular weight is 713 g/mol. The lowest BCUT2D eigenvalue weighted by molar-refractivity contribution is -0.127. The molecule has 0 saturated heterocycles. The third-order valence-electron chi connectivity index (χ3n) is 11.4. The molecule has 272 valence electrons. The first-order chi connectivity index (χ1) is 25.5. The van der Waals surface area contributed by atoms with Gasteiger partial charge in [-0.05, 0) is 61.3 Å². The first kappa shape index (κ1) is 36.1. The Hall–Kier alpha value is -5.32. The normalized spacial score (nSPS) is 16.9. The van der Waals surface area contributed by atoms with Crippen molar-refractivity contribution in [2.75, 3.05) is 50.1 Å². The van der Waals surface area contributed by atoms with E-state index in [0.29, 0.717) is 37.5 Å². The number of nitrogens with zero attached hydrogens (tertiary/aromatic N) is 4. The van der Waals surface area contributed by atoms with Crippen LogP contribution in [-0.4, -0.2) is 86.8 Å². The van der Waals surface area contributed by atoms with E-state index >= 15 is 0 Å². The predicted octanol–water partition coefficient (Wildman–Crippen LogP) is 6.82. The second-order valence-electron chi connectivity index (χ2n) is 14.7. The maximum absolute atomic E-state index is 14.1. The molecule has 53 heavy (non-hydrogen) atoms. The molecule has 1 saturated carbocycles. The van der Waals surface area contributed by atoms with E-state index in [1.54, 1.807) is 31.1 Å². The van der Waals surface area contributed by atoms with Crippen LogP contribution in [0.4, 0.5) is 16.2 Å². The van der Waals surface area contributed by atoms with Gasteiger partial charge in [-0.25, -0.2) is 4.79 Å². The molecule has 4 amide bonds. The molecule has 4 aromatic carbocycles. The summed E-state index contributed by atoms with van der Waals surface area (Å²) in [6, 6.07) is 19.1. The first-order valence-corrected chi connectivity index (χ1v) is 18.4. The molecule has 1 aliphatic carbocycles. The zero-order chi connectivity index (χ0) is 37.6. The fraction of sp³-hybridized carbons (Fsp3) is 0.381. The highest BCUT2D eigenvalue weighted by atomic mass is 16.6. The van der Waals surface area contributed by atoms with Gasteiger partial charge in [0.25, 0.3) is 0 Å². The molecule has 1 atom stereocenters. The van der Waals surface area contributed by atoms with Crippen molar-refractivity contribution in [3.05, 3.63) is 83.4 Å². The minimum absolute atomic E-state index is 0.0492. The van der Waals surface area contributed by atoms with Crippen LogP contribution in [0.3, 0.4) is 0 Å². The Labute approximate surface area is 311 Å². The minimum Gasteiger partial charge on any atom is -0.507 e. The summed E-state index contributed by atoms with van der Waals surface area (Å²) in [5.41, 5.74) is 4.69. The Morgan fingerprint density at radius 2 is 1.51 bits per heavy atom. The van der Waals surface area contributed by atoms with E-state index in [1.807, 2.05) is 60.4 Å². The van der Waals surface area contributed by atoms with E-state index in [2.05, 4.69) is 13.0 Å². The third kappa shape index (κ3) is 6.51. The fourth-order valence-corrected chi connectivity index (χ4v) is 8.07.